The number of fused-ring (bicyclic) bond motifs is 3. The number of nitrogens with one attached hydrogen (secondary N) is 1. The monoisotopic (exact) mass is 305 g/mol. The molecule has 0 radical (unpaired) electrons. The molecule has 4 rings (SSSR count). The van der Waals surface area contributed by atoms with Crippen molar-refractivity contribution in [3.8, 4) is 0 Å². The molecule has 116 valence electrons. The molecule has 1 N–H and O–H groups in total. The number of allylic oxidation sites excluding steroid dienone is 1. The van der Waals surface area contributed by atoms with Crippen LogP contribution in [0.5, 0.6) is 0 Å². The largest absolute Gasteiger partial charge is 0.493 e. The maximum atomic E-state index is 12.3. The van der Waals surface area contributed by atoms with Crippen molar-refractivity contribution >= 4 is 11.5 Å². The van der Waals surface area contributed by atoms with E-state index in [9.17, 15) is 4.79 Å². The van der Waals surface area contributed by atoms with Crippen LogP contribution in [-0.2, 0) is 11.3 Å². The molecule has 3 heteroatoms. The predicted molar refractivity (Wildman–Crippen MR) is 89.7 cm³/mol. The van der Waals surface area contributed by atoms with Crippen LogP contribution in [0.4, 0.5) is 0 Å². The first-order valence-electron chi connectivity index (χ1n) is 8.13. The van der Waals surface area contributed by atoms with Gasteiger partial charge in [0.1, 0.15) is 12.4 Å². The van der Waals surface area contributed by atoms with E-state index in [-0.39, 0.29) is 11.9 Å². The molecule has 1 atom stereocenters. The highest BCUT2D eigenvalue weighted by molar-refractivity contribution is 6.04. The minimum absolute atomic E-state index is 0.0265. The second-order valence-corrected chi connectivity index (χ2v) is 6.07. The van der Waals surface area contributed by atoms with Gasteiger partial charge in [-0.1, -0.05) is 48.5 Å². The van der Waals surface area contributed by atoms with E-state index in [1.54, 1.807) is 0 Å². The standard InChI is InChI=1S/C20H19NO2/c22-20-16-10-5-4-9-15(16)19-17(21-20)11-6-12-18(19)23-13-14-7-2-1-3-8-14/h1-5,7-10,17H,6,11-13H2,(H,21,22). The Morgan fingerprint density at radius 2 is 1.74 bits per heavy atom. The first kappa shape index (κ1) is 14.1. The maximum Gasteiger partial charge on any atom is 0.252 e. The van der Waals surface area contributed by atoms with Gasteiger partial charge in [-0.2, -0.15) is 0 Å². The van der Waals surface area contributed by atoms with Gasteiger partial charge < -0.3 is 10.1 Å². The Balaban J connectivity index is 1.70. The second-order valence-electron chi connectivity index (χ2n) is 6.07. The zero-order valence-electron chi connectivity index (χ0n) is 12.9. The third kappa shape index (κ3) is 2.63. The molecule has 2 aromatic rings. The molecule has 23 heavy (non-hydrogen) atoms. The van der Waals surface area contributed by atoms with E-state index < -0.39 is 0 Å². The van der Waals surface area contributed by atoms with Crippen molar-refractivity contribution in [2.75, 3.05) is 0 Å². The van der Waals surface area contributed by atoms with Crippen LogP contribution >= 0.6 is 0 Å². The van der Waals surface area contributed by atoms with Gasteiger partial charge in [-0.3, -0.25) is 4.79 Å². The van der Waals surface area contributed by atoms with Gasteiger partial charge in [0.25, 0.3) is 5.91 Å². The van der Waals surface area contributed by atoms with Gasteiger partial charge in [-0.05, 0) is 30.0 Å². The van der Waals surface area contributed by atoms with Gasteiger partial charge in [-0.15, -0.1) is 0 Å². The topological polar surface area (TPSA) is 38.3 Å². The van der Waals surface area contributed by atoms with E-state index in [0.29, 0.717) is 6.61 Å². The fourth-order valence-electron chi connectivity index (χ4n) is 3.47. The van der Waals surface area contributed by atoms with Crippen LogP contribution < -0.4 is 5.32 Å². The highest BCUT2D eigenvalue weighted by Gasteiger charge is 2.33. The van der Waals surface area contributed by atoms with Crippen LogP contribution in [0, 0.1) is 0 Å². The highest BCUT2D eigenvalue weighted by atomic mass is 16.5. The number of amides is 1. The summed E-state index contributed by atoms with van der Waals surface area (Å²) in [5.74, 6) is 1.05. The lowest BCUT2D eigenvalue weighted by molar-refractivity contribution is 0.0934. The summed E-state index contributed by atoms with van der Waals surface area (Å²) in [6.07, 6.45) is 2.96. The zero-order chi connectivity index (χ0) is 15.6. The third-order valence-corrected chi connectivity index (χ3v) is 4.57. The lowest BCUT2D eigenvalue weighted by Crippen LogP contribution is -2.42. The SMILES string of the molecule is O=C1NC2CCCC(OCc3ccccc3)=C2c2ccccc21. The Morgan fingerprint density at radius 3 is 2.57 bits per heavy atom. The Bertz CT molecular complexity index is 764. The van der Waals surface area contributed by atoms with E-state index in [0.717, 1.165) is 41.7 Å². The van der Waals surface area contributed by atoms with Crippen molar-refractivity contribution in [3.63, 3.8) is 0 Å². The molecule has 2 aromatic carbocycles. The van der Waals surface area contributed by atoms with Gasteiger partial charge >= 0.3 is 0 Å². The van der Waals surface area contributed by atoms with Gasteiger partial charge in [0.05, 0.1) is 6.04 Å². The summed E-state index contributed by atoms with van der Waals surface area (Å²) in [7, 11) is 0. The van der Waals surface area contributed by atoms with Gasteiger partial charge in [0.2, 0.25) is 0 Å². The number of rotatable bonds is 3. The predicted octanol–water partition coefficient (Wildman–Crippen LogP) is 3.91. The van der Waals surface area contributed by atoms with Crippen molar-refractivity contribution in [1.29, 1.82) is 0 Å². The molecule has 3 nitrogen and oxygen atoms in total. The van der Waals surface area contributed by atoms with Crippen molar-refractivity contribution in [1.82, 2.24) is 5.32 Å². The molecule has 0 fully saturated rings. The number of carbonyl (C=O) groups excluding carboxylic acids is 1. The van der Waals surface area contributed by atoms with Crippen molar-refractivity contribution in [2.24, 2.45) is 0 Å². The first-order chi connectivity index (χ1) is 11.3. The summed E-state index contributed by atoms with van der Waals surface area (Å²) in [6.45, 7) is 0.572. The Morgan fingerprint density at radius 1 is 1.00 bits per heavy atom. The van der Waals surface area contributed by atoms with Crippen LogP contribution in [0.25, 0.3) is 5.57 Å². The van der Waals surface area contributed by atoms with Crippen LogP contribution in [0.2, 0.25) is 0 Å². The van der Waals surface area contributed by atoms with Gasteiger partial charge in [-0.25, -0.2) is 0 Å². The summed E-state index contributed by atoms with van der Waals surface area (Å²) < 4.78 is 6.16. The lowest BCUT2D eigenvalue weighted by atomic mass is 9.82. The minimum Gasteiger partial charge on any atom is -0.493 e. The Hall–Kier alpha value is -2.55. The van der Waals surface area contributed by atoms with E-state index in [1.165, 1.54) is 5.57 Å². The molecule has 0 saturated heterocycles. The van der Waals surface area contributed by atoms with E-state index in [1.807, 2.05) is 42.5 Å². The summed E-state index contributed by atoms with van der Waals surface area (Å²) in [5, 5.41) is 3.13. The molecule has 1 heterocycles. The van der Waals surface area contributed by atoms with Gasteiger partial charge in [0.15, 0.2) is 0 Å². The lowest BCUT2D eigenvalue weighted by Gasteiger charge is -2.34. The molecule has 2 aliphatic rings. The number of ether oxygens (including phenoxy) is 1. The number of benzene rings is 2. The average molecular weight is 305 g/mol. The molecule has 1 amide bonds. The summed E-state index contributed by atoms with van der Waals surface area (Å²) >= 11 is 0. The van der Waals surface area contributed by atoms with Crippen molar-refractivity contribution in [3.05, 3.63) is 77.0 Å². The molecular weight excluding hydrogens is 286 g/mol. The molecule has 1 aliphatic heterocycles. The summed E-state index contributed by atoms with van der Waals surface area (Å²) in [4.78, 5) is 12.3. The summed E-state index contributed by atoms with van der Waals surface area (Å²) in [6, 6.07) is 18.1. The van der Waals surface area contributed by atoms with Gasteiger partial charge in [0, 0.05) is 17.6 Å². The van der Waals surface area contributed by atoms with Crippen molar-refractivity contribution < 1.29 is 9.53 Å². The Labute approximate surface area is 136 Å². The third-order valence-electron chi connectivity index (χ3n) is 4.57. The normalized spacial score (nSPS) is 19.7. The fraction of sp³-hybridized carbons (Fsp3) is 0.250. The minimum atomic E-state index is 0.0265. The molecule has 1 unspecified atom stereocenters. The second kappa shape index (κ2) is 5.92. The van der Waals surface area contributed by atoms with Crippen LogP contribution in [-0.4, -0.2) is 11.9 Å². The fourth-order valence-corrected chi connectivity index (χ4v) is 3.47. The average Bonchev–Trinajstić information content (AvgIpc) is 2.61. The van der Waals surface area contributed by atoms with E-state index in [4.69, 9.17) is 4.74 Å². The number of carbonyl (C=O) groups is 1. The zero-order valence-corrected chi connectivity index (χ0v) is 12.9. The quantitative estimate of drug-likeness (QED) is 0.933. The highest BCUT2D eigenvalue weighted by Crippen LogP contribution is 2.37. The number of hydrogen-bond acceptors (Lipinski definition) is 2. The molecule has 0 spiro atoms. The molecular formula is C20H19NO2. The van der Waals surface area contributed by atoms with Crippen LogP contribution in [0.3, 0.4) is 0 Å². The Kier molecular flexibility index (Phi) is 3.62. The number of hydrogen-bond donors (Lipinski definition) is 1. The van der Waals surface area contributed by atoms with E-state index in [2.05, 4.69) is 17.4 Å². The van der Waals surface area contributed by atoms with Crippen LogP contribution in [0.15, 0.2) is 60.4 Å². The van der Waals surface area contributed by atoms with Crippen LogP contribution in [0.1, 0.15) is 40.7 Å². The molecule has 1 aliphatic carbocycles. The summed E-state index contributed by atoms with van der Waals surface area (Å²) in [5.41, 5.74) is 4.11. The van der Waals surface area contributed by atoms with E-state index >= 15 is 0 Å². The molecule has 0 aromatic heterocycles. The first-order valence-corrected chi connectivity index (χ1v) is 8.13. The smallest absolute Gasteiger partial charge is 0.252 e. The van der Waals surface area contributed by atoms with Crippen molar-refractivity contribution in [2.45, 2.75) is 31.9 Å². The molecule has 0 saturated carbocycles. The maximum absolute atomic E-state index is 12.3. The molecule has 0 bridgehead atoms.